The van der Waals surface area contributed by atoms with Gasteiger partial charge < -0.3 is 10.4 Å². The monoisotopic (exact) mass is 285 g/mol. The Morgan fingerprint density at radius 3 is 2.68 bits per heavy atom. The minimum atomic E-state index is -3.02. The number of hydrogen-bond donors (Lipinski definition) is 2. The summed E-state index contributed by atoms with van der Waals surface area (Å²) in [6, 6.07) is 0. The molecule has 0 spiro atoms. The lowest BCUT2D eigenvalue weighted by molar-refractivity contribution is 0.0695. The summed E-state index contributed by atoms with van der Waals surface area (Å²) in [6.45, 7) is 3.37. The summed E-state index contributed by atoms with van der Waals surface area (Å²) >= 11 is 0. The topological polar surface area (TPSA) is 109 Å². The third-order valence-electron chi connectivity index (χ3n) is 3.13. The van der Waals surface area contributed by atoms with Crippen LogP contribution in [-0.2, 0) is 9.84 Å². The fourth-order valence-electron chi connectivity index (χ4n) is 2.12. The van der Waals surface area contributed by atoms with Gasteiger partial charge in [-0.15, -0.1) is 0 Å². The van der Waals surface area contributed by atoms with Gasteiger partial charge in [0.15, 0.2) is 9.84 Å². The summed E-state index contributed by atoms with van der Waals surface area (Å²) in [6.07, 6.45) is 1.71. The van der Waals surface area contributed by atoms with Crippen molar-refractivity contribution in [3.05, 3.63) is 17.5 Å². The van der Waals surface area contributed by atoms with E-state index in [-0.39, 0.29) is 23.0 Å². The highest BCUT2D eigenvalue weighted by molar-refractivity contribution is 7.91. The summed E-state index contributed by atoms with van der Waals surface area (Å²) in [5, 5.41) is 11.9. The van der Waals surface area contributed by atoms with Crippen molar-refractivity contribution in [2.45, 2.75) is 25.8 Å². The van der Waals surface area contributed by atoms with Gasteiger partial charge in [0.25, 0.3) is 0 Å². The molecule has 2 heterocycles. The zero-order chi connectivity index (χ0) is 14.3. The van der Waals surface area contributed by atoms with E-state index in [0.717, 1.165) is 0 Å². The first-order chi connectivity index (χ1) is 8.71. The fraction of sp³-hybridized carbons (Fsp3) is 0.545. The molecule has 1 aromatic rings. The van der Waals surface area contributed by atoms with Gasteiger partial charge in [0.1, 0.15) is 0 Å². The Kier molecular flexibility index (Phi) is 3.21. The molecule has 19 heavy (non-hydrogen) atoms. The first kappa shape index (κ1) is 13.7. The van der Waals surface area contributed by atoms with Crippen LogP contribution < -0.4 is 5.32 Å². The molecular formula is C11H15N3O4S. The van der Waals surface area contributed by atoms with Gasteiger partial charge in [-0.25, -0.2) is 23.2 Å². The molecule has 2 N–H and O–H groups in total. The average Bonchev–Trinajstić information content (AvgIpc) is 2.52. The number of rotatable bonds is 3. The molecule has 0 radical (unpaired) electrons. The number of aromatic carboxylic acids is 1. The van der Waals surface area contributed by atoms with E-state index in [1.807, 2.05) is 0 Å². The third kappa shape index (κ3) is 3.01. The highest BCUT2D eigenvalue weighted by Crippen LogP contribution is 2.26. The summed E-state index contributed by atoms with van der Waals surface area (Å²) < 4.78 is 23.0. The number of carboxylic acid groups (broad SMARTS) is 1. The Hall–Kier alpha value is -1.70. The highest BCUT2D eigenvalue weighted by Gasteiger charge is 2.38. The molecule has 104 valence electrons. The van der Waals surface area contributed by atoms with Crippen LogP contribution in [0.15, 0.2) is 6.20 Å². The standard InChI is InChI=1S/C11H15N3O4S/c1-7-8(9(15)16)5-12-10(13-7)14-11(2)3-4-19(17,18)6-11/h5H,3-4,6H2,1-2H3,(H,15,16)(H,12,13,14). The van der Waals surface area contributed by atoms with Crippen LogP contribution >= 0.6 is 0 Å². The molecule has 0 aliphatic carbocycles. The Morgan fingerprint density at radius 1 is 1.53 bits per heavy atom. The number of aromatic nitrogens is 2. The molecule has 1 unspecified atom stereocenters. The predicted molar refractivity (Wildman–Crippen MR) is 69.0 cm³/mol. The molecule has 0 saturated carbocycles. The third-order valence-corrected chi connectivity index (χ3v) is 5.03. The van der Waals surface area contributed by atoms with Crippen molar-refractivity contribution in [3.8, 4) is 0 Å². The molecule has 2 rings (SSSR count). The number of nitrogens with zero attached hydrogens (tertiary/aromatic N) is 2. The van der Waals surface area contributed by atoms with Crippen molar-refractivity contribution in [2.24, 2.45) is 0 Å². The average molecular weight is 285 g/mol. The molecule has 0 amide bonds. The van der Waals surface area contributed by atoms with Crippen LogP contribution in [0.5, 0.6) is 0 Å². The molecule has 1 fully saturated rings. The Bertz CT molecular complexity index is 629. The van der Waals surface area contributed by atoms with Crippen molar-refractivity contribution in [1.82, 2.24) is 9.97 Å². The number of carboxylic acids is 1. The second-order valence-corrected chi connectivity index (χ2v) is 7.21. The smallest absolute Gasteiger partial charge is 0.339 e. The number of hydrogen-bond acceptors (Lipinski definition) is 6. The zero-order valence-electron chi connectivity index (χ0n) is 10.7. The maximum atomic E-state index is 11.5. The molecular weight excluding hydrogens is 270 g/mol. The van der Waals surface area contributed by atoms with Crippen molar-refractivity contribution in [2.75, 3.05) is 16.8 Å². The number of anilines is 1. The Balaban J connectivity index is 2.21. The molecule has 0 aromatic carbocycles. The zero-order valence-corrected chi connectivity index (χ0v) is 11.5. The number of sulfone groups is 1. The molecule has 1 aliphatic heterocycles. The van der Waals surface area contributed by atoms with Crippen LogP contribution in [-0.4, -0.2) is 46.5 Å². The quantitative estimate of drug-likeness (QED) is 0.830. The second kappa shape index (κ2) is 4.44. The van der Waals surface area contributed by atoms with Crippen LogP contribution in [0.2, 0.25) is 0 Å². The minimum Gasteiger partial charge on any atom is -0.478 e. The van der Waals surface area contributed by atoms with Crippen molar-refractivity contribution >= 4 is 21.8 Å². The van der Waals surface area contributed by atoms with Crippen LogP contribution in [0.3, 0.4) is 0 Å². The fourth-order valence-corrected chi connectivity index (χ4v) is 4.21. The largest absolute Gasteiger partial charge is 0.478 e. The van der Waals surface area contributed by atoms with Crippen molar-refractivity contribution in [1.29, 1.82) is 0 Å². The highest BCUT2D eigenvalue weighted by atomic mass is 32.2. The van der Waals surface area contributed by atoms with E-state index in [1.165, 1.54) is 6.20 Å². The van der Waals surface area contributed by atoms with Gasteiger partial charge >= 0.3 is 5.97 Å². The van der Waals surface area contributed by atoms with Crippen molar-refractivity contribution in [3.63, 3.8) is 0 Å². The Morgan fingerprint density at radius 2 is 2.21 bits per heavy atom. The number of carbonyl (C=O) groups is 1. The van der Waals surface area contributed by atoms with E-state index < -0.39 is 21.3 Å². The first-order valence-electron chi connectivity index (χ1n) is 5.76. The normalized spacial score (nSPS) is 25.2. The molecule has 1 aliphatic rings. The summed E-state index contributed by atoms with van der Waals surface area (Å²) in [4.78, 5) is 18.8. The van der Waals surface area contributed by atoms with Gasteiger partial charge in [-0.05, 0) is 20.3 Å². The van der Waals surface area contributed by atoms with Crippen LogP contribution in [0.25, 0.3) is 0 Å². The number of aryl methyl sites for hydroxylation is 1. The maximum absolute atomic E-state index is 11.5. The van der Waals surface area contributed by atoms with E-state index in [2.05, 4.69) is 15.3 Å². The lowest BCUT2D eigenvalue weighted by Crippen LogP contribution is -2.36. The van der Waals surface area contributed by atoms with Crippen LogP contribution in [0, 0.1) is 6.92 Å². The van der Waals surface area contributed by atoms with E-state index in [4.69, 9.17) is 5.11 Å². The van der Waals surface area contributed by atoms with Gasteiger partial charge in [-0.2, -0.15) is 0 Å². The minimum absolute atomic E-state index is 0.0308. The predicted octanol–water partition coefficient (Wildman–Crippen LogP) is 0.472. The maximum Gasteiger partial charge on any atom is 0.339 e. The Labute approximate surface area is 111 Å². The lowest BCUT2D eigenvalue weighted by Gasteiger charge is -2.23. The molecule has 1 aromatic heterocycles. The van der Waals surface area contributed by atoms with E-state index >= 15 is 0 Å². The molecule has 0 bridgehead atoms. The van der Waals surface area contributed by atoms with E-state index in [0.29, 0.717) is 12.1 Å². The lowest BCUT2D eigenvalue weighted by atomic mass is 10.0. The number of nitrogens with one attached hydrogen (secondary N) is 1. The SMILES string of the molecule is Cc1nc(NC2(C)CCS(=O)(=O)C2)ncc1C(=O)O. The van der Waals surface area contributed by atoms with E-state index in [1.54, 1.807) is 13.8 Å². The van der Waals surface area contributed by atoms with Gasteiger partial charge in [0.05, 0.1) is 28.3 Å². The first-order valence-corrected chi connectivity index (χ1v) is 7.58. The second-order valence-electron chi connectivity index (χ2n) is 5.03. The van der Waals surface area contributed by atoms with Gasteiger partial charge in [-0.1, -0.05) is 0 Å². The molecule has 8 heteroatoms. The van der Waals surface area contributed by atoms with Crippen LogP contribution in [0.4, 0.5) is 5.95 Å². The van der Waals surface area contributed by atoms with Crippen molar-refractivity contribution < 1.29 is 18.3 Å². The van der Waals surface area contributed by atoms with Gasteiger partial charge in [0, 0.05) is 6.20 Å². The summed E-state index contributed by atoms with van der Waals surface area (Å²) in [5.41, 5.74) is -0.222. The van der Waals surface area contributed by atoms with Crippen LogP contribution in [0.1, 0.15) is 29.4 Å². The van der Waals surface area contributed by atoms with Gasteiger partial charge in [0.2, 0.25) is 5.95 Å². The van der Waals surface area contributed by atoms with Gasteiger partial charge in [-0.3, -0.25) is 0 Å². The summed E-state index contributed by atoms with van der Waals surface area (Å²) in [7, 11) is -3.02. The molecule has 1 saturated heterocycles. The summed E-state index contributed by atoms with van der Waals surface area (Å²) in [5.74, 6) is -0.660. The molecule has 7 nitrogen and oxygen atoms in total. The van der Waals surface area contributed by atoms with E-state index in [9.17, 15) is 13.2 Å². The molecule has 1 atom stereocenters.